The van der Waals surface area contributed by atoms with Crippen LogP contribution in [0.5, 0.6) is 23.0 Å². The number of halogens is 2. The minimum Gasteiger partial charge on any atom is -0.493 e. The van der Waals surface area contributed by atoms with Crippen LogP contribution in [0, 0.1) is 5.82 Å². The fraction of sp³-hybridized carbons (Fsp3) is 0.179. The van der Waals surface area contributed by atoms with E-state index in [9.17, 15) is 18.5 Å². The van der Waals surface area contributed by atoms with Gasteiger partial charge in [0.25, 0.3) is 5.91 Å². The standard InChI is InChI=1S/C28H25F2N3O6/c1-37-25-15-21-23(16-26(25)38-13-11-22(31)28(35)36)32-12-10-24(21)39-20-8-2-17(3-9-20)14-27(34)33(30)19-6-4-18(29)5-7-19/h2-10,12,15-16,22H,11,13-14,31H2,1H3,(H,35,36). The van der Waals surface area contributed by atoms with Crippen LogP contribution in [0.2, 0.25) is 0 Å². The zero-order valence-electron chi connectivity index (χ0n) is 20.8. The Balaban J connectivity index is 1.45. The second-order valence-electron chi connectivity index (χ2n) is 8.48. The third kappa shape index (κ3) is 6.76. The number of nitrogens with zero attached hydrogens (tertiary/aromatic N) is 2. The van der Waals surface area contributed by atoms with Crippen molar-refractivity contribution in [1.29, 1.82) is 0 Å². The fourth-order valence-electron chi connectivity index (χ4n) is 3.67. The van der Waals surface area contributed by atoms with Gasteiger partial charge < -0.3 is 25.1 Å². The molecular formula is C28H25F2N3O6. The lowest BCUT2D eigenvalue weighted by molar-refractivity contribution is -0.138. The Morgan fingerprint density at radius 1 is 1.03 bits per heavy atom. The molecule has 0 spiro atoms. The molecule has 0 saturated heterocycles. The van der Waals surface area contributed by atoms with Crippen LogP contribution >= 0.6 is 0 Å². The average molecular weight is 538 g/mol. The Labute approximate surface area is 222 Å². The van der Waals surface area contributed by atoms with Gasteiger partial charge in [0.2, 0.25) is 0 Å². The third-order valence-corrected chi connectivity index (χ3v) is 5.77. The maximum absolute atomic E-state index is 14.4. The van der Waals surface area contributed by atoms with Gasteiger partial charge in [-0.05, 0) is 54.1 Å². The molecule has 0 aliphatic heterocycles. The SMILES string of the molecule is COc1cc2c(Oc3ccc(CC(=O)N(F)c4ccc(F)cc4)cc3)ccnc2cc1OCCC(N)C(=O)O. The van der Waals surface area contributed by atoms with Gasteiger partial charge >= 0.3 is 5.97 Å². The number of nitrogens with two attached hydrogens (primary N) is 1. The summed E-state index contributed by atoms with van der Waals surface area (Å²) in [5, 5.41) is 9.55. The molecule has 3 aromatic carbocycles. The average Bonchev–Trinajstić information content (AvgIpc) is 2.93. The van der Waals surface area contributed by atoms with Crippen molar-refractivity contribution in [2.24, 2.45) is 5.73 Å². The molecule has 0 saturated carbocycles. The van der Waals surface area contributed by atoms with Gasteiger partial charge in [0, 0.05) is 24.1 Å². The Morgan fingerprint density at radius 2 is 1.74 bits per heavy atom. The molecule has 0 fully saturated rings. The summed E-state index contributed by atoms with van der Waals surface area (Å²) < 4.78 is 44.6. The number of benzene rings is 3. The van der Waals surface area contributed by atoms with E-state index in [1.54, 1.807) is 48.7 Å². The van der Waals surface area contributed by atoms with Gasteiger partial charge in [-0.2, -0.15) is 0 Å². The molecule has 4 aromatic rings. The van der Waals surface area contributed by atoms with Crippen molar-refractivity contribution in [2.45, 2.75) is 18.9 Å². The Hall–Kier alpha value is -4.77. The van der Waals surface area contributed by atoms with E-state index in [2.05, 4.69) is 4.98 Å². The number of fused-ring (bicyclic) bond motifs is 1. The van der Waals surface area contributed by atoms with Gasteiger partial charge in [-0.25, -0.2) is 4.39 Å². The molecule has 1 heterocycles. The van der Waals surface area contributed by atoms with Crippen molar-refractivity contribution in [3.63, 3.8) is 0 Å². The van der Waals surface area contributed by atoms with E-state index in [1.807, 2.05) is 0 Å². The van der Waals surface area contributed by atoms with Gasteiger partial charge in [0.1, 0.15) is 23.4 Å². The van der Waals surface area contributed by atoms with E-state index in [4.69, 9.17) is 25.1 Å². The van der Waals surface area contributed by atoms with E-state index in [1.165, 1.54) is 19.2 Å². The van der Waals surface area contributed by atoms with Crippen molar-refractivity contribution in [3.05, 3.63) is 84.3 Å². The first-order valence-electron chi connectivity index (χ1n) is 11.8. The number of amides is 1. The van der Waals surface area contributed by atoms with Crippen LogP contribution in [0.1, 0.15) is 12.0 Å². The molecular weight excluding hydrogens is 512 g/mol. The van der Waals surface area contributed by atoms with Gasteiger partial charge in [0.05, 0.1) is 31.3 Å². The zero-order valence-corrected chi connectivity index (χ0v) is 20.8. The molecule has 4 rings (SSSR count). The lowest BCUT2D eigenvalue weighted by Crippen LogP contribution is -2.31. The van der Waals surface area contributed by atoms with E-state index in [0.717, 1.165) is 12.1 Å². The van der Waals surface area contributed by atoms with Crippen molar-refractivity contribution in [1.82, 2.24) is 4.98 Å². The maximum atomic E-state index is 14.4. The van der Waals surface area contributed by atoms with Gasteiger partial charge in [-0.15, -0.1) is 5.12 Å². The number of carbonyl (C=O) groups excluding carboxylic acids is 1. The minimum absolute atomic E-state index is 0.0150. The summed E-state index contributed by atoms with van der Waals surface area (Å²) in [7, 11) is 1.47. The lowest BCUT2D eigenvalue weighted by atomic mass is 10.1. The lowest BCUT2D eigenvalue weighted by Gasteiger charge is -2.15. The minimum atomic E-state index is -1.11. The number of methoxy groups -OCH3 is 1. The molecule has 202 valence electrons. The number of anilines is 1. The van der Waals surface area contributed by atoms with Gasteiger partial charge in [0.15, 0.2) is 11.5 Å². The highest BCUT2D eigenvalue weighted by Crippen LogP contribution is 2.37. The molecule has 11 heteroatoms. The van der Waals surface area contributed by atoms with E-state index >= 15 is 0 Å². The molecule has 1 atom stereocenters. The Morgan fingerprint density at radius 3 is 2.41 bits per heavy atom. The molecule has 39 heavy (non-hydrogen) atoms. The summed E-state index contributed by atoms with van der Waals surface area (Å²) >= 11 is 0. The van der Waals surface area contributed by atoms with Crippen molar-refractivity contribution in [3.8, 4) is 23.0 Å². The van der Waals surface area contributed by atoms with Crippen molar-refractivity contribution in [2.75, 3.05) is 18.8 Å². The van der Waals surface area contributed by atoms with Crippen LogP contribution in [0.25, 0.3) is 10.9 Å². The fourth-order valence-corrected chi connectivity index (χ4v) is 3.67. The molecule has 9 nitrogen and oxygen atoms in total. The van der Waals surface area contributed by atoms with Gasteiger partial charge in [-0.3, -0.25) is 14.6 Å². The number of carboxylic acids is 1. The topological polar surface area (TPSA) is 124 Å². The number of aliphatic carboxylic acids is 1. The highest BCUT2D eigenvalue weighted by molar-refractivity contribution is 5.92. The summed E-state index contributed by atoms with van der Waals surface area (Å²) in [4.78, 5) is 27.6. The van der Waals surface area contributed by atoms with E-state index < -0.39 is 23.7 Å². The zero-order chi connectivity index (χ0) is 27.9. The van der Waals surface area contributed by atoms with Crippen LogP contribution in [-0.2, 0) is 16.0 Å². The predicted molar refractivity (Wildman–Crippen MR) is 139 cm³/mol. The van der Waals surface area contributed by atoms with Crippen LogP contribution < -0.4 is 25.1 Å². The summed E-state index contributed by atoms with van der Waals surface area (Å²) in [5.74, 6) is -0.711. The molecule has 0 radical (unpaired) electrons. The van der Waals surface area contributed by atoms with E-state index in [-0.39, 0.29) is 30.3 Å². The summed E-state index contributed by atoms with van der Waals surface area (Å²) in [5.41, 5.74) is 6.58. The second kappa shape index (κ2) is 12.2. The molecule has 1 aromatic heterocycles. The number of hydrogen-bond donors (Lipinski definition) is 2. The van der Waals surface area contributed by atoms with Crippen LogP contribution in [-0.4, -0.2) is 41.7 Å². The predicted octanol–water partition coefficient (Wildman–Crippen LogP) is 4.82. The quantitative estimate of drug-likeness (QED) is 0.261. The second-order valence-corrected chi connectivity index (χ2v) is 8.48. The number of carboxylic acid groups (broad SMARTS) is 1. The maximum Gasteiger partial charge on any atom is 0.320 e. The highest BCUT2D eigenvalue weighted by Gasteiger charge is 2.17. The third-order valence-electron chi connectivity index (χ3n) is 5.77. The number of rotatable bonds is 11. The number of hydrogen-bond acceptors (Lipinski definition) is 7. The van der Waals surface area contributed by atoms with Crippen LogP contribution in [0.4, 0.5) is 14.6 Å². The monoisotopic (exact) mass is 537 g/mol. The molecule has 0 aliphatic rings. The number of aromatic nitrogens is 1. The normalized spacial score (nSPS) is 11.6. The van der Waals surface area contributed by atoms with Crippen LogP contribution in [0.15, 0.2) is 72.9 Å². The van der Waals surface area contributed by atoms with Crippen LogP contribution in [0.3, 0.4) is 0 Å². The van der Waals surface area contributed by atoms with Crippen molar-refractivity contribution >= 4 is 28.5 Å². The number of carbonyl (C=O) groups is 2. The molecule has 1 amide bonds. The first kappa shape index (κ1) is 27.3. The number of ether oxygens (including phenoxy) is 3. The van der Waals surface area contributed by atoms with Crippen molar-refractivity contribution < 1.29 is 37.8 Å². The molecule has 0 aliphatic carbocycles. The first-order chi connectivity index (χ1) is 18.7. The smallest absolute Gasteiger partial charge is 0.320 e. The summed E-state index contributed by atoms with van der Waals surface area (Å²) in [6.45, 7) is 0.0739. The largest absolute Gasteiger partial charge is 0.493 e. The van der Waals surface area contributed by atoms with E-state index in [0.29, 0.717) is 39.5 Å². The molecule has 0 bridgehead atoms. The Kier molecular flexibility index (Phi) is 8.52. The summed E-state index contributed by atoms with van der Waals surface area (Å²) in [6.07, 6.45) is 1.47. The number of pyridine rings is 1. The Bertz CT molecular complexity index is 1470. The molecule has 3 N–H and O–H groups in total. The first-order valence-corrected chi connectivity index (χ1v) is 11.8. The van der Waals surface area contributed by atoms with Gasteiger partial charge in [-0.1, -0.05) is 16.6 Å². The molecule has 1 unspecified atom stereocenters. The highest BCUT2D eigenvalue weighted by atomic mass is 19.2. The summed E-state index contributed by atoms with van der Waals surface area (Å²) in [6, 6.07) is 15.1.